The molecular weight excluding hydrogens is 290 g/mol. The van der Waals surface area contributed by atoms with E-state index in [2.05, 4.69) is 12.2 Å². The van der Waals surface area contributed by atoms with Crippen LogP contribution in [0.4, 0.5) is 0 Å². The van der Waals surface area contributed by atoms with Gasteiger partial charge in [-0.2, -0.15) is 0 Å². The normalized spacial score (nSPS) is 10.7. The van der Waals surface area contributed by atoms with Crippen LogP contribution in [0.2, 0.25) is 0 Å². The molecule has 0 fully saturated rings. The summed E-state index contributed by atoms with van der Waals surface area (Å²) in [5, 5.41) is 2.75. The van der Waals surface area contributed by atoms with Crippen LogP contribution in [-0.2, 0) is 14.3 Å². The number of hydrogen-bond donors (Lipinski definition) is 1. The Kier molecular flexibility index (Phi) is 9.45. The standard InChI is InChI=1S/C19H27NO3/c1-3-4-5-6-7-18(21)20-14-15-23-19(22)13-12-17-10-8-16(2)9-11-17/h8-13H,3-7,14-15H2,1-2H3,(H,20,21)/b13-12+. The van der Waals surface area contributed by atoms with Gasteiger partial charge in [0.25, 0.3) is 0 Å². The fourth-order valence-corrected chi connectivity index (χ4v) is 2.03. The van der Waals surface area contributed by atoms with Gasteiger partial charge in [0.05, 0.1) is 6.54 Å². The molecule has 1 N–H and O–H groups in total. The molecule has 0 aliphatic carbocycles. The van der Waals surface area contributed by atoms with Gasteiger partial charge in [0, 0.05) is 12.5 Å². The zero-order valence-electron chi connectivity index (χ0n) is 14.1. The highest BCUT2D eigenvalue weighted by Gasteiger charge is 2.01. The molecular formula is C19H27NO3. The van der Waals surface area contributed by atoms with Crippen molar-refractivity contribution in [3.05, 3.63) is 41.5 Å². The van der Waals surface area contributed by atoms with Crippen molar-refractivity contribution in [3.8, 4) is 0 Å². The largest absolute Gasteiger partial charge is 0.461 e. The average molecular weight is 317 g/mol. The maximum atomic E-state index is 11.6. The van der Waals surface area contributed by atoms with E-state index in [0.717, 1.165) is 31.2 Å². The summed E-state index contributed by atoms with van der Waals surface area (Å²) in [4.78, 5) is 23.1. The Morgan fingerprint density at radius 1 is 1.13 bits per heavy atom. The molecule has 4 heteroatoms. The molecule has 1 rings (SSSR count). The third-order valence-electron chi connectivity index (χ3n) is 3.42. The van der Waals surface area contributed by atoms with Gasteiger partial charge in [0.15, 0.2) is 0 Å². The molecule has 0 saturated heterocycles. The second kappa shape index (κ2) is 11.5. The van der Waals surface area contributed by atoms with E-state index in [-0.39, 0.29) is 12.5 Å². The molecule has 0 saturated carbocycles. The second-order valence-corrected chi connectivity index (χ2v) is 5.57. The summed E-state index contributed by atoms with van der Waals surface area (Å²) in [7, 11) is 0. The highest BCUT2D eigenvalue weighted by Crippen LogP contribution is 2.05. The van der Waals surface area contributed by atoms with E-state index >= 15 is 0 Å². The van der Waals surface area contributed by atoms with Crippen LogP contribution in [0.1, 0.15) is 50.2 Å². The lowest BCUT2D eigenvalue weighted by Gasteiger charge is -2.05. The summed E-state index contributed by atoms with van der Waals surface area (Å²) < 4.78 is 5.04. The molecule has 0 spiro atoms. The van der Waals surface area contributed by atoms with Gasteiger partial charge in [0.2, 0.25) is 5.91 Å². The highest BCUT2D eigenvalue weighted by molar-refractivity contribution is 5.87. The Bertz CT molecular complexity index is 506. The average Bonchev–Trinajstić information content (AvgIpc) is 2.55. The summed E-state index contributed by atoms with van der Waals surface area (Å²) in [6.07, 6.45) is 7.99. The molecule has 1 aromatic rings. The molecule has 0 aliphatic rings. The Morgan fingerprint density at radius 2 is 1.87 bits per heavy atom. The summed E-state index contributed by atoms with van der Waals surface area (Å²) in [5.74, 6) is -0.380. The van der Waals surface area contributed by atoms with E-state index in [1.165, 1.54) is 11.6 Å². The number of benzene rings is 1. The second-order valence-electron chi connectivity index (χ2n) is 5.57. The van der Waals surface area contributed by atoms with Crippen LogP contribution in [0.5, 0.6) is 0 Å². The minimum Gasteiger partial charge on any atom is -0.461 e. The van der Waals surface area contributed by atoms with Gasteiger partial charge >= 0.3 is 5.97 Å². The minimum absolute atomic E-state index is 0.0207. The summed E-state index contributed by atoms with van der Waals surface area (Å²) in [6.45, 7) is 4.70. The van der Waals surface area contributed by atoms with Crippen LogP contribution in [0.3, 0.4) is 0 Å². The monoisotopic (exact) mass is 317 g/mol. The van der Waals surface area contributed by atoms with Gasteiger partial charge < -0.3 is 10.1 Å². The SMILES string of the molecule is CCCCCCC(=O)NCCOC(=O)/C=C/c1ccc(C)cc1. The van der Waals surface area contributed by atoms with Crippen molar-refractivity contribution in [2.75, 3.05) is 13.2 Å². The summed E-state index contributed by atoms with van der Waals surface area (Å²) >= 11 is 0. The first-order chi connectivity index (χ1) is 11.1. The molecule has 0 atom stereocenters. The van der Waals surface area contributed by atoms with Gasteiger partial charge in [-0.15, -0.1) is 0 Å². The number of hydrogen-bond acceptors (Lipinski definition) is 3. The van der Waals surface area contributed by atoms with Crippen LogP contribution < -0.4 is 5.32 Å². The maximum Gasteiger partial charge on any atom is 0.330 e. The molecule has 0 bridgehead atoms. The van der Waals surface area contributed by atoms with E-state index in [4.69, 9.17) is 4.74 Å². The summed E-state index contributed by atoms with van der Waals surface area (Å²) in [6, 6.07) is 7.86. The van der Waals surface area contributed by atoms with Crippen LogP contribution in [0.25, 0.3) is 6.08 Å². The van der Waals surface area contributed by atoms with Crippen molar-refractivity contribution in [2.24, 2.45) is 0 Å². The lowest BCUT2D eigenvalue weighted by atomic mass is 10.1. The number of unbranched alkanes of at least 4 members (excludes halogenated alkanes) is 3. The molecule has 23 heavy (non-hydrogen) atoms. The molecule has 1 amide bonds. The highest BCUT2D eigenvalue weighted by atomic mass is 16.5. The number of nitrogens with one attached hydrogen (secondary N) is 1. The molecule has 1 aromatic carbocycles. The van der Waals surface area contributed by atoms with Gasteiger partial charge in [-0.05, 0) is 25.0 Å². The van der Waals surface area contributed by atoms with Crippen molar-refractivity contribution in [1.82, 2.24) is 5.32 Å². The van der Waals surface area contributed by atoms with E-state index in [1.54, 1.807) is 6.08 Å². The number of amides is 1. The molecule has 126 valence electrons. The Balaban J connectivity index is 2.12. The van der Waals surface area contributed by atoms with Gasteiger partial charge in [-0.1, -0.05) is 56.0 Å². The molecule has 0 aliphatic heterocycles. The summed E-state index contributed by atoms with van der Waals surface area (Å²) in [5.41, 5.74) is 2.13. The molecule has 0 radical (unpaired) electrons. The number of esters is 1. The number of carbonyl (C=O) groups is 2. The van der Waals surface area contributed by atoms with E-state index in [0.29, 0.717) is 13.0 Å². The first-order valence-corrected chi connectivity index (χ1v) is 8.30. The van der Waals surface area contributed by atoms with Crippen LogP contribution in [-0.4, -0.2) is 25.0 Å². The van der Waals surface area contributed by atoms with Crippen molar-refractivity contribution in [3.63, 3.8) is 0 Å². The van der Waals surface area contributed by atoms with Gasteiger partial charge in [-0.3, -0.25) is 4.79 Å². The van der Waals surface area contributed by atoms with E-state index < -0.39 is 5.97 Å². The van der Waals surface area contributed by atoms with E-state index in [1.807, 2.05) is 31.2 Å². The van der Waals surface area contributed by atoms with Gasteiger partial charge in [-0.25, -0.2) is 4.79 Å². The predicted octanol–water partition coefficient (Wildman–Crippen LogP) is 3.64. The fraction of sp³-hybridized carbons (Fsp3) is 0.474. The van der Waals surface area contributed by atoms with Crippen LogP contribution >= 0.6 is 0 Å². The van der Waals surface area contributed by atoms with Crippen molar-refractivity contribution in [1.29, 1.82) is 0 Å². The number of rotatable bonds is 10. The maximum absolute atomic E-state index is 11.6. The lowest BCUT2D eigenvalue weighted by molar-refractivity contribution is -0.138. The van der Waals surface area contributed by atoms with E-state index in [9.17, 15) is 9.59 Å². The fourth-order valence-electron chi connectivity index (χ4n) is 2.03. The zero-order chi connectivity index (χ0) is 16.9. The third-order valence-corrected chi connectivity index (χ3v) is 3.42. The number of aryl methyl sites for hydroxylation is 1. The predicted molar refractivity (Wildman–Crippen MR) is 92.9 cm³/mol. The Hall–Kier alpha value is -2.10. The first kappa shape index (κ1) is 18.9. The van der Waals surface area contributed by atoms with Crippen molar-refractivity contribution < 1.29 is 14.3 Å². The van der Waals surface area contributed by atoms with Crippen LogP contribution in [0, 0.1) is 6.92 Å². The van der Waals surface area contributed by atoms with Gasteiger partial charge in [0.1, 0.15) is 6.61 Å². The number of ether oxygens (including phenoxy) is 1. The zero-order valence-corrected chi connectivity index (χ0v) is 14.1. The van der Waals surface area contributed by atoms with Crippen LogP contribution in [0.15, 0.2) is 30.3 Å². The lowest BCUT2D eigenvalue weighted by Crippen LogP contribution is -2.27. The minimum atomic E-state index is -0.400. The van der Waals surface area contributed by atoms with Crippen molar-refractivity contribution in [2.45, 2.75) is 46.0 Å². The topological polar surface area (TPSA) is 55.4 Å². The van der Waals surface area contributed by atoms with Crippen molar-refractivity contribution >= 4 is 18.0 Å². The molecule has 0 aromatic heterocycles. The third kappa shape index (κ3) is 9.51. The first-order valence-electron chi connectivity index (χ1n) is 8.30. The Labute approximate surface area is 138 Å². The smallest absolute Gasteiger partial charge is 0.330 e. The molecule has 0 unspecified atom stereocenters. The molecule has 4 nitrogen and oxygen atoms in total. The Morgan fingerprint density at radius 3 is 2.57 bits per heavy atom. The quantitative estimate of drug-likeness (QED) is 0.407. The molecule has 0 heterocycles. The number of carbonyl (C=O) groups excluding carboxylic acids is 2.